The van der Waals surface area contributed by atoms with E-state index in [9.17, 15) is 4.79 Å². The van der Waals surface area contributed by atoms with Crippen LogP contribution in [0.25, 0.3) is 0 Å². The van der Waals surface area contributed by atoms with Crippen molar-refractivity contribution < 1.29 is 4.79 Å². The summed E-state index contributed by atoms with van der Waals surface area (Å²) >= 11 is 12.0. The zero-order valence-corrected chi connectivity index (χ0v) is 14.5. The Morgan fingerprint density at radius 1 is 1.00 bits per heavy atom. The van der Waals surface area contributed by atoms with E-state index in [0.717, 1.165) is 42.5 Å². The highest BCUT2D eigenvalue weighted by atomic mass is 35.5. The van der Waals surface area contributed by atoms with Crippen LogP contribution in [-0.2, 0) is 10.2 Å². The molecule has 0 saturated heterocycles. The summed E-state index contributed by atoms with van der Waals surface area (Å²) < 4.78 is 0. The fourth-order valence-corrected chi connectivity index (χ4v) is 3.76. The largest absolute Gasteiger partial charge is 0.325 e. The maximum absolute atomic E-state index is 13.1. The molecule has 1 aliphatic carbocycles. The van der Waals surface area contributed by atoms with Gasteiger partial charge in [-0.25, -0.2) is 0 Å². The number of nitrogens with one attached hydrogen (secondary N) is 1. The zero-order valence-electron chi connectivity index (χ0n) is 13.0. The molecule has 0 radical (unpaired) electrons. The molecule has 4 heteroatoms. The molecular formula is C19H19Cl2NO. The van der Waals surface area contributed by atoms with Crippen molar-refractivity contribution >= 4 is 34.8 Å². The van der Waals surface area contributed by atoms with E-state index >= 15 is 0 Å². The van der Waals surface area contributed by atoms with Gasteiger partial charge in [-0.15, -0.1) is 0 Å². The lowest BCUT2D eigenvalue weighted by molar-refractivity contribution is -0.121. The molecule has 0 unspecified atom stereocenters. The first kappa shape index (κ1) is 16.4. The highest BCUT2D eigenvalue weighted by Crippen LogP contribution is 2.42. The van der Waals surface area contributed by atoms with Gasteiger partial charge in [-0.3, -0.25) is 4.79 Å². The summed E-state index contributed by atoms with van der Waals surface area (Å²) in [5, 5.41) is 4.47. The van der Waals surface area contributed by atoms with Crippen molar-refractivity contribution in [2.45, 2.75) is 38.0 Å². The first-order chi connectivity index (χ1) is 11.0. The van der Waals surface area contributed by atoms with Gasteiger partial charge in [0.2, 0.25) is 5.91 Å². The second kappa shape index (κ2) is 6.54. The van der Waals surface area contributed by atoms with Crippen LogP contribution in [-0.4, -0.2) is 5.91 Å². The van der Waals surface area contributed by atoms with Gasteiger partial charge in [0, 0.05) is 15.7 Å². The summed E-state index contributed by atoms with van der Waals surface area (Å²) in [7, 11) is 0. The van der Waals surface area contributed by atoms with E-state index < -0.39 is 5.41 Å². The quantitative estimate of drug-likeness (QED) is 0.751. The van der Waals surface area contributed by atoms with Gasteiger partial charge in [0.1, 0.15) is 0 Å². The number of hydrogen-bond donors (Lipinski definition) is 1. The highest BCUT2D eigenvalue weighted by molar-refractivity contribution is 6.31. The minimum Gasteiger partial charge on any atom is -0.325 e. The number of amides is 1. The number of hydrogen-bond acceptors (Lipinski definition) is 1. The second-order valence-corrected chi connectivity index (χ2v) is 7.08. The van der Waals surface area contributed by atoms with Crippen LogP contribution in [0, 0.1) is 6.92 Å². The van der Waals surface area contributed by atoms with Gasteiger partial charge in [-0.05, 0) is 61.2 Å². The van der Waals surface area contributed by atoms with Crippen molar-refractivity contribution in [2.75, 3.05) is 5.32 Å². The standard InChI is InChI=1S/C19H19Cl2NO/c1-13-12-16(21)8-9-17(13)22-18(23)19(10-2-3-11-19)14-4-6-15(20)7-5-14/h4-9,12H,2-3,10-11H2,1H3,(H,22,23). The predicted molar refractivity (Wildman–Crippen MR) is 96.4 cm³/mol. The van der Waals surface area contributed by atoms with Crippen LogP contribution >= 0.6 is 23.2 Å². The Morgan fingerprint density at radius 2 is 1.61 bits per heavy atom. The summed E-state index contributed by atoms with van der Waals surface area (Å²) in [6, 6.07) is 13.2. The van der Waals surface area contributed by atoms with Crippen molar-refractivity contribution in [3.05, 3.63) is 63.6 Å². The lowest BCUT2D eigenvalue weighted by Gasteiger charge is -2.28. The summed E-state index contributed by atoms with van der Waals surface area (Å²) in [5.41, 5.74) is 2.37. The SMILES string of the molecule is Cc1cc(Cl)ccc1NC(=O)C1(c2ccc(Cl)cc2)CCCC1. The molecule has 1 aliphatic rings. The van der Waals surface area contributed by atoms with Gasteiger partial charge < -0.3 is 5.32 Å². The third-order valence-electron chi connectivity index (χ3n) is 4.73. The number of carbonyl (C=O) groups excluding carboxylic acids is 1. The maximum Gasteiger partial charge on any atom is 0.235 e. The van der Waals surface area contributed by atoms with Gasteiger partial charge >= 0.3 is 0 Å². The van der Waals surface area contributed by atoms with Crippen molar-refractivity contribution in [3.8, 4) is 0 Å². The number of rotatable bonds is 3. The van der Waals surface area contributed by atoms with Crippen LogP contribution in [0.5, 0.6) is 0 Å². The molecular weight excluding hydrogens is 329 g/mol. The van der Waals surface area contributed by atoms with Crippen LogP contribution in [0.15, 0.2) is 42.5 Å². The van der Waals surface area contributed by atoms with Crippen LogP contribution in [0.2, 0.25) is 10.0 Å². The first-order valence-corrected chi connectivity index (χ1v) is 8.60. The topological polar surface area (TPSA) is 29.1 Å². The Morgan fingerprint density at radius 3 is 2.22 bits per heavy atom. The molecule has 0 aliphatic heterocycles. The molecule has 0 atom stereocenters. The molecule has 2 nitrogen and oxygen atoms in total. The Balaban J connectivity index is 1.91. The Labute approximate surface area is 146 Å². The average molecular weight is 348 g/mol. The molecule has 1 fully saturated rings. The van der Waals surface area contributed by atoms with Crippen molar-refractivity contribution in [3.63, 3.8) is 0 Å². The third-order valence-corrected chi connectivity index (χ3v) is 5.21. The van der Waals surface area contributed by atoms with Crippen molar-refractivity contribution in [1.82, 2.24) is 0 Å². The lowest BCUT2D eigenvalue weighted by Crippen LogP contribution is -2.38. The minimum atomic E-state index is -0.462. The smallest absolute Gasteiger partial charge is 0.235 e. The summed E-state index contributed by atoms with van der Waals surface area (Å²) in [5.74, 6) is 0.0581. The fraction of sp³-hybridized carbons (Fsp3) is 0.316. The highest BCUT2D eigenvalue weighted by Gasteiger charge is 2.42. The molecule has 1 N–H and O–H groups in total. The average Bonchev–Trinajstić information content (AvgIpc) is 3.01. The third kappa shape index (κ3) is 3.24. The van der Waals surface area contributed by atoms with E-state index in [1.807, 2.05) is 43.3 Å². The van der Waals surface area contributed by atoms with Gasteiger partial charge in [-0.2, -0.15) is 0 Å². The van der Waals surface area contributed by atoms with Crippen LogP contribution in [0.4, 0.5) is 5.69 Å². The molecule has 2 aromatic carbocycles. The molecule has 23 heavy (non-hydrogen) atoms. The Kier molecular flexibility index (Phi) is 4.65. The first-order valence-electron chi connectivity index (χ1n) is 7.85. The monoisotopic (exact) mass is 347 g/mol. The van der Waals surface area contributed by atoms with Gasteiger partial charge in [-0.1, -0.05) is 48.2 Å². The summed E-state index contributed by atoms with van der Waals surface area (Å²) in [6.07, 6.45) is 3.87. The van der Waals surface area contributed by atoms with E-state index in [0.29, 0.717) is 10.0 Å². The minimum absolute atomic E-state index is 0.0581. The summed E-state index contributed by atoms with van der Waals surface area (Å²) in [4.78, 5) is 13.1. The molecule has 1 amide bonds. The van der Waals surface area contributed by atoms with E-state index in [1.165, 1.54) is 0 Å². The predicted octanol–water partition coefficient (Wildman–Crippen LogP) is 5.75. The molecule has 0 heterocycles. The molecule has 1 saturated carbocycles. The zero-order chi connectivity index (χ0) is 16.4. The normalized spacial score (nSPS) is 16.3. The number of aryl methyl sites for hydroxylation is 1. The van der Waals surface area contributed by atoms with Crippen LogP contribution < -0.4 is 5.32 Å². The van der Waals surface area contributed by atoms with Crippen LogP contribution in [0.1, 0.15) is 36.8 Å². The molecule has 3 rings (SSSR count). The van der Waals surface area contributed by atoms with Crippen molar-refractivity contribution in [2.24, 2.45) is 0 Å². The van der Waals surface area contributed by atoms with Gasteiger partial charge in [0.25, 0.3) is 0 Å². The second-order valence-electron chi connectivity index (χ2n) is 6.21. The molecule has 120 valence electrons. The summed E-state index contributed by atoms with van der Waals surface area (Å²) in [6.45, 7) is 1.95. The fourth-order valence-electron chi connectivity index (χ4n) is 3.40. The molecule has 0 aromatic heterocycles. The van der Waals surface area contributed by atoms with Gasteiger partial charge in [0.15, 0.2) is 0 Å². The molecule has 2 aromatic rings. The molecule has 0 bridgehead atoms. The maximum atomic E-state index is 13.1. The number of anilines is 1. The van der Waals surface area contributed by atoms with E-state index in [-0.39, 0.29) is 5.91 Å². The van der Waals surface area contributed by atoms with E-state index in [4.69, 9.17) is 23.2 Å². The van der Waals surface area contributed by atoms with Crippen molar-refractivity contribution in [1.29, 1.82) is 0 Å². The Hall–Kier alpha value is -1.51. The number of benzene rings is 2. The van der Waals surface area contributed by atoms with Crippen LogP contribution in [0.3, 0.4) is 0 Å². The van der Waals surface area contributed by atoms with E-state index in [1.54, 1.807) is 6.07 Å². The van der Waals surface area contributed by atoms with E-state index in [2.05, 4.69) is 5.32 Å². The van der Waals surface area contributed by atoms with Gasteiger partial charge in [0.05, 0.1) is 5.41 Å². The number of halogens is 2. The molecule has 0 spiro atoms. The Bertz CT molecular complexity index is 719. The number of carbonyl (C=O) groups is 1. The lowest BCUT2D eigenvalue weighted by atomic mass is 9.78.